The summed E-state index contributed by atoms with van der Waals surface area (Å²) in [5.41, 5.74) is 1.63. The van der Waals surface area contributed by atoms with E-state index in [-0.39, 0.29) is 11.8 Å². The predicted molar refractivity (Wildman–Crippen MR) is 165 cm³/mol. The van der Waals surface area contributed by atoms with Crippen molar-refractivity contribution in [1.82, 2.24) is 19.8 Å². The quantitative estimate of drug-likeness (QED) is 0.245. The molecule has 0 bridgehead atoms. The molecule has 0 radical (unpaired) electrons. The number of anilines is 1. The lowest BCUT2D eigenvalue weighted by molar-refractivity contribution is -0.138. The first-order valence-electron chi connectivity index (χ1n) is 14.6. The van der Waals surface area contributed by atoms with Crippen molar-refractivity contribution < 1.29 is 19.5 Å². The third-order valence-corrected chi connectivity index (χ3v) is 9.47. The summed E-state index contributed by atoms with van der Waals surface area (Å²) < 4.78 is 1.11. The van der Waals surface area contributed by atoms with Gasteiger partial charge in [0.2, 0.25) is 5.91 Å². The zero-order valence-electron chi connectivity index (χ0n) is 24.5. The number of aromatic nitrogens is 2. The lowest BCUT2D eigenvalue weighted by Crippen LogP contribution is -2.57. The molecule has 42 heavy (non-hydrogen) atoms. The molecular weight excluding hydrogens is 550 g/mol. The number of imidazole rings is 1. The van der Waals surface area contributed by atoms with Crippen LogP contribution in [0.2, 0.25) is 0 Å². The number of para-hydroxylation sites is 1. The highest BCUT2D eigenvalue weighted by Gasteiger charge is 2.51. The highest BCUT2D eigenvalue weighted by Crippen LogP contribution is 2.37. The summed E-state index contributed by atoms with van der Waals surface area (Å²) in [6, 6.07) is 17.6. The van der Waals surface area contributed by atoms with Gasteiger partial charge in [0.25, 0.3) is 5.91 Å². The Kier molecular flexibility index (Phi) is 8.63. The van der Waals surface area contributed by atoms with Crippen molar-refractivity contribution in [2.45, 2.75) is 74.6 Å². The lowest BCUT2D eigenvalue weighted by Gasteiger charge is -2.43. The van der Waals surface area contributed by atoms with Gasteiger partial charge < -0.3 is 24.8 Å². The topological polar surface area (TPSA) is 108 Å². The summed E-state index contributed by atoms with van der Waals surface area (Å²) in [5, 5.41) is 12.5. The van der Waals surface area contributed by atoms with Gasteiger partial charge in [0.05, 0.1) is 6.67 Å². The van der Waals surface area contributed by atoms with Crippen LogP contribution in [0, 0.1) is 0 Å². The molecule has 0 saturated carbocycles. The van der Waals surface area contributed by atoms with Crippen molar-refractivity contribution in [3.05, 3.63) is 66.5 Å². The minimum Gasteiger partial charge on any atom is -0.480 e. The first-order chi connectivity index (χ1) is 20.1. The maximum Gasteiger partial charge on any atom is 0.319 e. The Hall–Kier alpha value is -3.79. The second-order valence-electron chi connectivity index (χ2n) is 11.5. The Labute approximate surface area is 251 Å². The van der Waals surface area contributed by atoms with Crippen molar-refractivity contribution in [3.63, 3.8) is 0 Å². The van der Waals surface area contributed by atoms with Crippen molar-refractivity contribution in [2.24, 2.45) is 0 Å². The maximum atomic E-state index is 13.7. The monoisotopic (exact) mass is 589 g/mol. The van der Waals surface area contributed by atoms with Crippen LogP contribution in [0.15, 0.2) is 65.7 Å². The van der Waals surface area contributed by atoms with Crippen LogP contribution in [0.3, 0.4) is 0 Å². The van der Waals surface area contributed by atoms with Crippen molar-refractivity contribution in [3.8, 4) is 11.4 Å². The zero-order chi connectivity index (χ0) is 29.9. The van der Waals surface area contributed by atoms with Gasteiger partial charge in [-0.05, 0) is 57.4 Å². The number of amides is 2. The molecule has 2 N–H and O–H groups in total. The van der Waals surface area contributed by atoms with Crippen molar-refractivity contribution >= 4 is 35.2 Å². The van der Waals surface area contributed by atoms with Crippen LogP contribution < -0.4 is 10.2 Å². The molecule has 10 heteroatoms. The van der Waals surface area contributed by atoms with Crippen LogP contribution in [0.25, 0.3) is 11.4 Å². The number of carboxylic acid groups (broad SMARTS) is 1. The van der Waals surface area contributed by atoms with Crippen LogP contribution >= 0.6 is 11.8 Å². The van der Waals surface area contributed by atoms with Gasteiger partial charge in [-0.15, -0.1) is 11.8 Å². The predicted octanol–water partition coefficient (Wildman–Crippen LogP) is 5.26. The summed E-state index contributed by atoms with van der Waals surface area (Å²) >= 11 is 1.30. The first-order valence-corrected chi connectivity index (χ1v) is 15.5. The van der Waals surface area contributed by atoms with E-state index >= 15 is 0 Å². The molecule has 1 aromatic heterocycles. The Morgan fingerprint density at radius 3 is 2.38 bits per heavy atom. The van der Waals surface area contributed by atoms with E-state index in [9.17, 15) is 19.5 Å². The SMILES string of the molecule is CCCCCn1cc(C(=O)N2CCC3(CC2)C(=O)NCN3c2ccccc2)nc1-c1ccc(SC(C)(C)C(=O)O)cc1. The van der Waals surface area contributed by atoms with Crippen LogP contribution in [0.5, 0.6) is 0 Å². The van der Waals surface area contributed by atoms with Crippen LogP contribution in [0.4, 0.5) is 5.69 Å². The van der Waals surface area contributed by atoms with E-state index in [4.69, 9.17) is 4.98 Å². The number of nitrogens with zero attached hydrogens (tertiary/aromatic N) is 4. The smallest absolute Gasteiger partial charge is 0.319 e. The molecule has 2 fully saturated rings. The number of aliphatic carboxylic acids is 1. The second kappa shape index (κ2) is 12.2. The standard InChI is InChI=1S/C32H39N5O4S/c1-4-5-9-18-36-21-26(34-27(36)23-12-14-25(15-13-23)42-31(2,3)30(40)41)28(38)35-19-16-32(17-20-35)29(39)33-22-37(32)24-10-7-6-8-11-24/h6-8,10-15,21H,4-5,9,16-20,22H2,1-3H3,(H,33,39)(H,40,41). The average molecular weight is 590 g/mol. The molecule has 0 atom stereocenters. The van der Waals surface area contributed by atoms with E-state index < -0.39 is 16.3 Å². The first kappa shape index (κ1) is 29.7. The molecule has 2 saturated heterocycles. The number of carbonyl (C=O) groups is 3. The minimum atomic E-state index is -0.940. The number of rotatable bonds is 10. The van der Waals surface area contributed by atoms with Gasteiger partial charge in [-0.25, -0.2) is 4.98 Å². The van der Waals surface area contributed by atoms with Gasteiger partial charge in [0, 0.05) is 42.0 Å². The maximum absolute atomic E-state index is 13.7. The van der Waals surface area contributed by atoms with Crippen LogP contribution in [-0.4, -0.2) is 67.4 Å². The normalized spacial score (nSPS) is 16.6. The number of carbonyl (C=O) groups excluding carboxylic acids is 2. The van der Waals surface area contributed by atoms with E-state index in [0.717, 1.165) is 47.8 Å². The number of thioether (sulfide) groups is 1. The molecule has 0 aliphatic carbocycles. The fraction of sp³-hybridized carbons (Fsp3) is 0.438. The number of piperidine rings is 1. The highest BCUT2D eigenvalue weighted by atomic mass is 32.2. The molecule has 2 aliphatic rings. The molecule has 3 heterocycles. The molecule has 2 aliphatic heterocycles. The molecule has 2 aromatic carbocycles. The molecule has 3 aromatic rings. The van der Waals surface area contributed by atoms with E-state index in [0.29, 0.717) is 38.3 Å². The van der Waals surface area contributed by atoms with E-state index in [1.54, 1.807) is 13.8 Å². The van der Waals surface area contributed by atoms with Crippen molar-refractivity contribution in [2.75, 3.05) is 24.7 Å². The number of carboxylic acids is 1. The molecule has 2 amide bonds. The number of benzene rings is 2. The Morgan fingerprint density at radius 1 is 1.05 bits per heavy atom. The third kappa shape index (κ3) is 5.90. The fourth-order valence-electron chi connectivity index (χ4n) is 5.74. The summed E-state index contributed by atoms with van der Waals surface area (Å²) in [6.45, 7) is 7.69. The molecule has 5 rings (SSSR count). The number of hydrogen-bond donors (Lipinski definition) is 2. The number of likely N-dealkylation sites (tertiary alicyclic amines) is 1. The van der Waals surface area contributed by atoms with Gasteiger partial charge in [0.15, 0.2) is 0 Å². The largest absolute Gasteiger partial charge is 0.480 e. The zero-order valence-corrected chi connectivity index (χ0v) is 25.3. The molecule has 222 valence electrons. The number of aryl methyl sites for hydroxylation is 1. The molecule has 0 unspecified atom stereocenters. The Bertz CT molecular complexity index is 1430. The summed E-state index contributed by atoms with van der Waals surface area (Å²) in [7, 11) is 0. The summed E-state index contributed by atoms with van der Waals surface area (Å²) in [6.07, 6.45) is 6.10. The van der Waals surface area contributed by atoms with Gasteiger partial charge in [-0.1, -0.05) is 50.1 Å². The average Bonchev–Trinajstić information content (AvgIpc) is 3.55. The second-order valence-corrected chi connectivity index (χ2v) is 13.2. The summed E-state index contributed by atoms with van der Waals surface area (Å²) in [4.78, 5) is 47.9. The Morgan fingerprint density at radius 2 is 1.74 bits per heavy atom. The molecule has 9 nitrogen and oxygen atoms in total. The van der Waals surface area contributed by atoms with Gasteiger partial charge in [-0.2, -0.15) is 0 Å². The summed E-state index contributed by atoms with van der Waals surface area (Å²) in [5.74, 6) is -0.242. The van der Waals surface area contributed by atoms with Crippen LogP contribution in [-0.2, 0) is 16.1 Å². The van der Waals surface area contributed by atoms with Crippen molar-refractivity contribution in [1.29, 1.82) is 0 Å². The van der Waals surface area contributed by atoms with Gasteiger partial charge in [0.1, 0.15) is 21.8 Å². The lowest BCUT2D eigenvalue weighted by atomic mass is 9.85. The van der Waals surface area contributed by atoms with Crippen LogP contribution in [0.1, 0.15) is 63.4 Å². The molecular formula is C32H39N5O4S. The number of nitrogens with one attached hydrogen (secondary N) is 1. The number of unbranched alkanes of at least 4 members (excludes halogenated alkanes) is 2. The van der Waals surface area contributed by atoms with E-state index in [1.807, 2.05) is 65.7 Å². The third-order valence-electron chi connectivity index (χ3n) is 8.28. The fourth-order valence-corrected chi connectivity index (χ4v) is 6.69. The van der Waals surface area contributed by atoms with E-state index in [2.05, 4.69) is 21.7 Å². The van der Waals surface area contributed by atoms with Gasteiger partial charge in [-0.3, -0.25) is 14.4 Å². The van der Waals surface area contributed by atoms with Gasteiger partial charge >= 0.3 is 5.97 Å². The Balaban J connectivity index is 1.34. The van der Waals surface area contributed by atoms with E-state index in [1.165, 1.54) is 11.8 Å². The highest BCUT2D eigenvalue weighted by molar-refractivity contribution is 8.01. The number of hydrogen-bond acceptors (Lipinski definition) is 6. The minimum absolute atomic E-state index is 0.0225. The molecule has 1 spiro atoms.